The topological polar surface area (TPSA) is 89.4 Å². The van der Waals surface area contributed by atoms with Gasteiger partial charge in [0.2, 0.25) is 0 Å². The van der Waals surface area contributed by atoms with Gasteiger partial charge in [-0.15, -0.1) is 0 Å². The number of benzene rings is 3. The first-order valence-corrected chi connectivity index (χ1v) is 15.6. The van der Waals surface area contributed by atoms with E-state index < -0.39 is 17.6 Å². The van der Waals surface area contributed by atoms with Gasteiger partial charge < -0.3 is 15.1 Å². The Morgan fingerprint density at radius 1 is 0.915 bits per heavy atom. The summed E-state index contributed by atoms with van der Waals surface area (Å²) >= 11 is 0. The Kier molecular flexibility index (Phi) is 7.82. The number of aromatic nitrogens is 1. The van der Waals surface area contributed by atoms with Gasteiger partial charge in [-0.2, -0.15) is 0 Å². The molecule has 2 aromatic heterocycles. The first kappa shape index (κ1) is 30.7. The fraction of sp³-hybridized carbons (Fsp3) is 0.270. The number of fused-ring (bicyclic) bond motifs is 1. The van der Waals surface area contributed by atoms with Crippen molar-refractivity contribution in [3.63, 3.8) is 0 Å². The predicted molar refractivity (Wildman–Crippen MR) is 170 cm³/mol. The van der Waals surface area contributed by atoms with Crippen molar-refractivity contribution in [1.82, 2.24) is 9.88 Å². The summed E-state index contributed by atoms with van der Waals surface area (Å²) in [5, 5.41) is 0.676. The van der Waals surface area contributed by atoms with Crippen molar-refractivity contribution >= 4 is 28.5 Å². The molecule has 240 valence electrons. The minimum absolute atomic E-state index is 0.00738. The minimum Gasteiger partial charge on any atom is -0.460 e. The standard InChI is InChI=1S/C37H31F4N3O3/c38-26-6-8-28(32(39)18-26)31-17-24(21-1-3-22(4-2-21)36(46)44-13-11-37(40,41)12-14-44)15-25-16-27(47-35(25)31)7-9-33(45)30-19-29(30)23-5-10-34(42)43-20-23/h1-6,8,10,15-18,20,29-30H,7,9,11-14,19H2,(H2,42,43). The molecule has 3 heterocycles. The van der Waals surface area contributed by atoms with Crippen LogP contribution in [0.1, 0.15) is 53.3 Å². The van der Waals surface area contributed by atoms with Crippen molar-refractivity contribution in [1.29, 1.82) is 0 Å². The van der Waals surface area contributed by atoms with Crippen molar-refractivity contribution in [2.45, 2.75) is 43.9 Å². The molecule has 10 heteroatoms. The molecule has 47 heavy (non-hydrogen) atoms. The predicted octanol–water partition coefficient (Wildman–Crippen LogP) is 8.20. The Hall–Kier alpha value is -4.99. The molecule has 2 aliphatic rings. The molecular formula is C37H31F4N3O3. The molecule has 1 amide bonds. The molecule has 5 aromatic rings. The van der Waals surface area contributed by atoms with Gasteiger partial charge in [0, 0.05) is 79.0 Å². The summed E-state index contributed by atoms with van der Waals surface area (Å²) < 4.78 is 62.3. The highest BCUT2D eigenvalue weighted by molar-refractivity contribution is 5.98. The van der Waals surface area contributed by atoms with Crippen molar-refractivity contribution < 1.29 is 31.6 Å². The third kappa shape index (κ3) is 6.37. The number of halogens is 4. The van der Waals surface area contributed by atoms with Crippen LogP contribution in [0.3, 0.4) is 0 Å². The number of carbonyl (C=O) groups is 2. The van der Waals surface area contributed by atoms with Crippen LogP contribution < -0.4 is 5.73 Å². The number of aryl methyl sites for hydroxylation is 1. The minimum atomic E-state index is -2.75. The summed E-state index contributed by atoms with van der Waals surface area (Å²) in [6, 6.07) is 19.2. The molecule has 2 atom stereocenters. The maximum atomic E-state index is 15.1. The largest absolute Gasteiger partial charge is 0.460 e. The number of nitrogens with zero attached hydrogens (tertiary/aromatic N) is 2. The SMILES string of the molecule is Nc1ccc(C2CC2C(=O)CCc2cc3cc(-c4ccc(C(=O)N5CCC(F)(F)CC5)cc4)cc(-c4ccc(F)cc4F)c3o2)cn1. The number of amides is 1. The van der Waals surface area contributed by atoms with Crippen LogP contribution in [-0.2, 0) is 11.2 Å². The second-order valence-corrected chi connectivity index (χ2v) is 12.4. The summed E-state index contributed by atoms with van der Waals surface area (Å²) in [6.45, 7) is -0.0148. The molecule has 1 aliphatic heterocycles. The number of nitrogens with two attached hydrogens (primary N) is 1. The molecule has 2 N–H and O–H groups in total. The van der Waals surface area contributed by atoms with Gasteiger partial charge in [-0.25, -0.2) is 22.5 Å². The number of alkyl halides is 2. The van der Waals surface area contributed by atoms with E-state index in [2.05, 4.69) is 4.98 Å². The molecule has 0 radical (unpaired) electrons. The number of hydrogen-bond donors (Lipinski definition) is 1. The molecule has 3 aromatic carbocycles. The molecule has 7 rings (SSSR count). The number of ketones is 1. The second kappa shape index (κ2) is 12.0. The van der Waals surface area contributed by atoms with Gasteiger partial charge in [0.1, 0.15) is 34.6 Å². The highest BCUT2D eigenvalue weighted by Gasteiger charge is 2.43. The van der Waals surface area contributed by atoms with Crippen molar-refractivity contribution in [2.75, 3.05) is 18.8 Å². The third-order valence-electron chi connectivity index (χ3n) is 9.20. The van der Waals surface area contributed by atoms with Crippen LogP contribution >= 0.6 is 0 Å². The van der Waals surface area contributed by atoms with Crippen LogP contribution in [-0.4, -0.2) is 40.6 Å². The van der Waals surface area contributed by atoms with Gasteiger partial charge in [0.05, 0.1) is 0 Å². The smallest absolute Gasteiger partial charge is 0.253 e. The highest BCUT2D eigenvalue weighted by atomic mass is 19.3. The lowest BCUT2D eigenvalue weighted by Crippen LogP contribution is -2.42. The number of nitrogen functional groups attached to an aromatic ring is 1. The normalized spacial score (nSPS) is 18.8. The van der Waals surface area contributed by atoms with Gasteiger partial charge in [-0.05, 0) is 77.6 Å². The number of carbonyl (C=O) groups excluding carboxylic acids is 2. The zero-order valence-corrected chi connectivity index (χ0v) is 25.3. The van der Waals surface area contributed by atoms with Crippen LogP contribution in [0.25, 0.3) is 33.2 Å². The molecule has 6 nitrogen and oxygen atoms in total. The Morgan fingerprint density at radius 3 is 2.38 bits per heavy atom. The number of pyridine rings is 1. The van der Waals surface area contributed by atoms with Gasteiger partial charge >= 0.3 is 0 Å². The van der Waals surface area contributed by atoms with Crippen molar-refractivity contribution in [3.05, 3.63) is 108 Å². The van der Waals surface area contributed by atoms with E-state index in [1.54, 1.807) is 42.6 Å². The molecule has 1 saturated carbocycles. The third-order valence-corrected chi connectivity index (χ3v) is 9.20. The van der Waals surface area contributed by atoms with E-state index in [1.807, 2.05) is 18.2 Å². The number of Topliss-reactive ketones (excluding diaryl/α,β-unsaturated/α-hetero) is 1. The fourth-order valence-electron chi connectivity index (χ4n) is 6.42. The Morgan fingerprint density at radius 2 is 1.68 bits per heavy atom. The number of rotatable bonds is 8. The summed E-state index contributed by atoms with van der Waals surface area (Å²) in [5.74, 6) is -3.33. The van der Waals surface area contributed by atoms with Crippen LogP contribution in [0.4, 0.5) is 23.4 Å². The van der Waals surface area contributed by atoms with E-state index in [0.29, 0.717) is 45.7 Å². The average Bonchev–Trinajstić information content (AvgIpc) is 3.75. The van der Waals surface area contributed by atoms with Crippen molar-refractivity contribution in [2.24, 2.45) is 5.92 Å². The van der Waals surface area contributed by atoms with E-state index in [-0.39, 0.29) is 61.4 Å². The van der Waals surface area contributed by atoms with Gasteiger partial charge in [0.15, 0.2) is 0 Å². The molecular weight excluding hydrogens is 610 g/mol. The summed E-state index contributed by atoms with van der Waals surface area (Å²) in [6.07, 6.45) is 2.40. The fourth-order valence-corrected chi connectivity index (χ4v) is 6.42. The molecule has 2 unspecified atom stereocenters. The first-order valence-electron chi connectivity index (χ1n) is 15.6. The quantitative estimate of drug-likeness (QED) is 0.173. The number of furan rings is 1. The number of piperidine rings is 1. The lowest BCUT2D eigenvalue weighted by Gasteiger charge is -2.31. The number of anilines is 1. The molecule has 1 saturated heterocycles. The Labute approximate surface area is 268 Å². The molecule has 1 aliphatic carbocycles. The zero-order valence-electron chi connectivity index (χ0n) is 25.3. The summed E-state index contributed by atoms with van der Waals surface area (Å²) in [5.41, 5.74) is 9.47. The maximum absolute atomic E-state index is 15.1. The molecule has 2 fully saturated rings. The van der Waals surface area contributed by atoms with E-state index >= 15 is 4.39 Å². The monoisotopic (exact) mass is 641 g/mol. The van der Waals surface area contributed by atoms with Gasteiger partial charge in [-0.1, -0.05) is 18.2 Å². The number of hydrogen-bond acceptors (Lipinski definition) is 5. The maximum Gasteiger partial charge on any atom is 0.253 e. The van der Waals surface area contributed by atoms with Crippen LogP contribution in [0.5, 0.6) is 0 Å². The van der Waals surface area contributed by atoms with Gasteiger partial charge in [-0.3, -0.25) is 9.59 Å². The van der Waals surface area contributed by atoms with E-state index in [0.717, 1.165) is 23.6 Å². The lowest BCUT2D eigenvalue weighted by atomic mass is 9.95. The molecule has 0 spiro atoms. The number of likely N-dealkylation sites (tertiary alicyclic amines) is 1. The summed E-state index contributed by atoms with van der Waals surface area (Å²) in [4.78, 5) is 31.5. The zero-order chi connectivity index (χ0) is 32.9. The van der Waals surface area contributed by atoms with Gasteiger partial charge in [0.25, 0.3) is 11.8 Å². The second-order valence-electron chi connectivity index (χ2n) is 12.4. The van der Waals surface area contributed by atoms with Crippen LogP contribution in [0.15, 0.2) is 83.4 Å². The highest BCUT2D eigenvalue weighted by Crippen LogP contribution is 2.48. The van der Waals surface area contributed by atoms with E-state index in [1.165, 1.54) is 17.0 Å². The lowest BCUT2D eigenvalue weighted by molar-refractivity contribution is -0.120. The van der Waals surface area contributed by atoms with E-state index in [4.69, 9.17) is 10.2 Å². The Bertz CT molecular complexity index is 1980. The first-order chi connectivity index (χ1) is 22.5. The molecule has 0 bridgehead atoms. The average molecular weight is 642 g/mol. The Balaban J connectivity index is 1.14. The summed E-state index contributed by atoms with van der Waals surface area (Å²) in [7, 11) is 0. The van der Waals surface area contributed by atoms with Crippen LogP contribution in [0.2, 0.25) is 0 Å². The van der Waals surface area contributed by atoms with E-state index in [9.17, 15) is 22.8 Å². The van der Waals surface area contributed by atoms with Crippen molar-refractivity contribution in [3.8, 4) is 22.3 Å². The van der Waals surface area contributed by atoms with Crippen LogP contribution in [0, 0.1) is 17.6 Å².